The van der Waals surface area contributed by atoms with E-state index in [-0.39, 0.29) is 5.41 Å². The van der Waals surface area contributed by atoms with Crippen molar-refractivity contribution < 1.29 is 0 Å². The summed E-state index contributed by atoms with van der Waals surface area (Å²) in [5, 5.41) is 12.6. The fraction of sp³-hybridized carbons (Fsp3) is 0.929. The molecule has 1 aliphatic heterocycles. The van der Waals surface area contributed by atoms with Gasteiger partial charge in [-0.3, -0.25) is 4.90 Å². The minimum absolute atomic E-state index is 0.155. The van der Waals surface area contributed by atoms with E-state index in [2.05, 4.69) is 16.3 Å². The summed E-state index contributed by atoms with van der Waals surface area (Å²) in [6, 6.07) is 3.98. The first-order valence-electron chi connectivity index (χ1n) is 6.99. The van der Waals surface area contributed by atoms with Gasteiger partial charge in [-0.2, -0.15) is 5.26 Å². The molecular weight excluding hydrogens is 210 g/mol. The third-order valence-electron chi connectivity index (χ3n) is 4.00. The first-order chi connectivity index (χ1) is 8.11. The number of nitrogens with one attached hydrogen (secondary N) is 1. The molecule has 2 fully saturated rings. The van der Waals surface area contributed by atoms with Crippen LogP contribution < -0.4 is 5.32 Å². The van der Waals surface area contributed by atoms with Crippen LogP contribution >= 0.6 is 0 Å². The predicted molar refractivity (Wildman–Crippen MR) is 69.6 cm³/mol. The number of nitrogens with zero attached hydrogens (tertiary/aromatic N) is 2. The van der Waals surface area contributed by atoms with Crippen molar-refractivity contribution in [1.82, 2.24) is 10.2 Å². The molecule has 1 N–H and O–H groups in total. The normalized spacial score (nSPS) is 26.1. The third kappa shape index (κ3) is 3.97. The Morgan fingerprint density at radius 1 is 1.35 bits per heavy atom. The van der Waals surface area contributed by atoms with E-state index in [0.29, 0.717) is 6.04 Å². The lowest BCUT2D eigenvalue weighted by Gasteiger charge is -2.18. The molecule has 3 heteroatoms. The Kier molecular flexibility index (Phi) is 4.06. The average molecular weight is 235 g/mol. The molecule has 96 valence electrons. The van der Waals surface area contributed by atoms with Crippen LogP contribution in [0.5, 0.6) is 0 Å². The molecule has 0 spiro atoms. The molecular formula is C14H25N3. The second-order valence-electron chi connectivity index (χ2n) is 6.27. The molecule has 0 amide bonds. The van der Waals surface area contributed by atoms with Gasteiger partial charge in [-0.05, 0) is 52.5 Å². The standard InChI is InChI=1S/C14H25N3/c1-14(2,11-15)7-3-8-16-12-6-9-17(10-12)13-4-5-13/h12-13,16H,3-10H2,1-2H3. The summed E-state index contributed by atoms with van der Waals surface area (Å²) in [6.07, 6.45) is 6.25. The van der Waals surface area contributed by atoms with E-state index in [9.17, 15) is 0 Å². The van der Waals surface area contributed by atoms with Crippen molar-refractivity contribution in [2.45, 2.75) is 58.0 Å². The summed E-state index contributed by atoms with van der Waals surface area (Å²) in [5.41, 5.74) is -0.155. The molecule has 17 heavy (non-hydrogen) atoms. The Labute approximate surface area is 105 Å². The highest BCUT2D eigenvalue weighted by atomic mass is 15.2. The number of rotatable bonds is 6. The van der Waals surface area contributed by atoms with E-state index in [1.165, 1.54) is 32.4 Å². The van der Waals surface area contributed by atoms with Crippen LogP contribution in [0.25, 0.3) is 0 Å². The van der Waals surface area contributed by atoms with Crippen molar-refractivity contribution in [3.8, 4) is 6.07 Å². The van der Waals surface area contributed by atoms with Crippen molar-refractivity contribution in [2.75, 3.05) is 19.6 Å². The van der Waals surface area contributed by atoms with Crippen molar-refractivity contribution in [3.05, 3.63) is 0 Å². The van der Waals surface area contributed by atoms with Crippen LogP contribution in [0.4, 0.5) is 0 Å². The van der Waals surface area contributed by atoms with Crippen LogP contribution in [0, 0.1) is 16.7 Å². The van der Waals surface area contributed by atoms with Crippen molar-refractivity contribution in [3.63, 3.8) is 0 Å². The van der Waals surface area contributed by atoms with E-state index in [1.807, 2.05) is 13.8 Å². The van der Waals surface area contributed by atoms with Crippen molar-refractivity contribution >= 4 is 0 Å². The molecule has 3 nitrogen and oxygen atoms in total. The van der Waals surface area contributed by atoms with Crippen LogP contribution in [-0.4, -0.2) is 36.6 Å². The fourth-order valence-electron chi connectivity index (χ4n) is 2.62. The molecule has 1 unspecified atom stereocenters. The van der Waals surface area contributed by atoms with Gasteiger partial charge in [0.25, 0.3) is 0 Å². The number of likely N-dealkylation sites (tertiary alicyclic amines) is 1. The van der Waals surface area contributed by atoms with Gasteiger partial charge >= 0.3 is 0 Å². The summed E-state index contributed by atoms with van der Waals surface area (Å²) < 4.78 is 0. The Bertz CT molecular complexity index is 288. The van der Waals surface area contributed by atoms with Gasteiger partial charge in [0.05, 0.1) is 11.5 Å². The molecule has 0 aromatic rings. The van der Waals surface area contributed by atoms with Crippen LogP contribution in [0.3, 0.4) is 0 Å². The molecule has 1 atom stereocenters. The van der Waals surface area contributed by atoms with E-state index < -0.39 is 0 Å². The second kappa shape index (κ2) is 5.37. The highest BCUT2D eigenvalue weighted by Gasteiger charge is 2.33. The quantitative estimate of drug-likeness (QED) is 0.717. The van der Waals surface area contributed by atoms with Crippen LogP contribution in [0.1, 0.15) is 46.0 Å². The zero-order valence-corrected chi connectivity index (χ0v) is 11.2. The van der Waals surface area contributed by atoms with E-state index in [4.69, 9.17) is 5.26 Å². The number of hydrogen-bond acceptors (Lipinski definition) is 3. The van der Waals surface area contributed by atoms with Gasteiger partial charge in [-0.1, -0.05) is 0 Å². The zero-order valence-electron chi connectivity index (χ0n) is 11.2. The van der Waals surface area contributed by atoms with Gasteiger partial charge in [0.15, 0.2) is 0 Å². The van der Waals surface area contributed by atoms with Crippen LogP contribution in [-0.2, 0) is 0 Å². The van der Waals surface area contributed by atoms with Crippen LogP contribution in [0.2, 0.25) is 0 Å². The predicted octanol–water partition coefficient (Wildman–Crippen LogP) is 2.14. The minimum atomic E-state index is -0.155. The van der Waals surface area contributed by atoms with Crippen LogP contribution in [0.15, 0.2) is 0 Å². The SMILES string of the molecule is CC(C)(C#N)CCCNC1CCN(C2CC2)C1. The highest BCUT2D eigenvalue weighted by molar-refractivity contribution is 4.93. The van der Waals surface area contributed by atoms with Crippen molar-refractivity contribution in [1.29, 1.82) is 5.26 Å². The first kappa shape index (κ1) is 12.9. The zero-order chi connectivity index (χ0) is 12.3. The molecule has 1 saturated carbocycles. The molecule has 1 heterocycles. The number of nitriles is 1. The van der Waals surface area contributed by atoms with Gasteiger partial charge in [0, 0.05) is 25.2 Å². The lowest BCUT2D eigenvalue weighted by atomic mass is 9.90. The molecule has 1 saturated heterocycles. The van der Waals surface area contributed by atoms with E-state index >= 15 is 0 Å². The van der Waals surface area contributed by atoms with Gasteiger partial charge in [0.2, 0.25) is 0 Å². The first-order valence-corrected chi connectivity index (χ1v) is 6.99. The summed E-state index contributed by atoms with van der Waals surface area (Å²) in [7, 11) is 0. The van der Waals surface area contributed by atoms with Gasteiger partial charge in [-0.15, -0.1) is 0 Å². The Morgan fingerprint density at radius 2 is 2.12 bits per heavy atom. The summed E-state index contributed by atoms with van der Waals surface area (Å²) in [6.45, 7) is 7.64. The molecule has 2 rings (SSSR count). The maximum Gasteiger partial charge on any atom is 0.0683 e. The average Bonchev–Trinajstić information content (AvgIpc) is 3.05. The fourth-order valence-corrected chi connectivity index (χ4v) is 2.62. The number of hydrogen-bond donors (Lipinski definition) is 1. The summed E-state index contributed by atoms with van der Waals surface area (Å²) in [4.78, 5) is 2.64. The lowest BCUT2D eigenvalue weighted by Crippen LogP contribution is -2.34. The van der Waals surface area contributed by atoms with Crippen molar-refractivity contribution in [2.24, 2.45) is 5.41 Å². The van der Waals surface area contributed by atoms with E-state index in [1.54, 1.807) is 0 Å². The Morgan fingerprint density at radius 3 is 2.76 bits per heavy atom. The minimum Gasteiger partial charge on any atom is -0.313 e. The molecule has 0 aromatic heterocycles. The molecule has 1 aliphatic carbocycles. The molecule has 0 aromatic carbocycles. The largest absolute Gasteiger partial charge is 0.313 e. The van der Waals surface area contributed by atoms with Gasteiger partial charge in [-0.25, -0.2) is 0 Å². The van der Waals surface area contributed by atoms with Gasteiger partial charge in [0.1, 0.15) is 0 Å². The lowest BCUT2D eigenvalue weighted by molar-refractivity contribution is 0.316. The molecule has 2 aliphatic rings. The van der Waals surface area contributed by atoms with Gasteiger partial charge < -0.3 is 5.32 Å². The second-order valence-corrected chi connectivity index (χ2v) is 6.27. The summed E-state index contributed by atoms with van der Waals surface area (Å²) >= 11 is 0. The Balaban J connectivity index is 1.55. The maximum atomic E-state index is 8.93. The van der Waals surface area contributed by atoms with E-state index in [0.717, 1.165) is 25.4 Å². The monoisotopic (exact) mass is 235 g/mol. The maximum absolute atomic E-state index is 8.93. The smallest absolute Gasteiger partial charge is 0.0683 e. The summed E-state index contributed by atoms with van der Waals surface area (Å²) in [5.74, 6) is 0. The highest BCUT2D eigenvalue weighted by Crippen LogP contribution is 2.29. The molecule has 0 radical (unpaired) electrons. The third-order valence-corrected chi connectivity index (χ3v) is 4.00. The topological polar surface area (TPSA) is 39.1 Å². The molecule has 0 bridgehead atoms. The Hall–Kier alpha value is -0.590.